The zero-order valence-corrected chi connectivity index (χ0v) is 12.8. The summed E-state index contributed by atoms with van der Waals surface area (Å²) in [4.78, 5) is 0. The molecule has 1 N–H and O–H groups in total. The van der Waals surface area contributed by atoms with E-state index in [0.29, 0.717) is 15.1 Å². The van der Waals surface area contributed by atoms with Gasteiger partial charge in [-0.05, 0) is 46.4 Å². The Kier molecular flexibility index (Phi) is 4.26. The smallest absolute Gasteiger partial charge is 0.251 e. The molecule has 0 saturated carbocycles. The Morgan fingerprint density at radius 3 is 2.83 bits per heavy atom. The van der Waals surface area contributed by atoms with E-state index in [1.807, 2.05) is 13.0 Å². The maximum Gasteiger partial charge on any atom is 0.251 e. The van der Waals surface area contributed by atoms with E-state index in [9.17, 15) is 8.42 Å². The van der Waals surface area contributed by atoms with Crippen LogP contribution in [0.4, 0.5) is 0 Å². The summed E-state index contributed by atoms with van der Waals surface area (Å²) in [6.45, 7) is 1.81. The number of halogens is 1. The molecule has 2 aromatic heterocycles. The molecule has 0 radical (unpaired) electrons. The average molecular weight is 350 g/mol. The predicted molar refractivity (Wildman–Crippen MR) is 74.2 cm³/mol. The van der Waals surface area contributed by atoms with Crippen molar-refractivity contribution in [3.63, 3.8) is 0 Å². The predicted octanol–water partition coefficient (Wildman–Crippen LogP) is 3.01. The molecule has 2 heterocycles. The van der Waals surface area contributed by atoms with E-state index >= 15 is 0 Å². The Morgan fingerprint density at radius 1 is 1.50 bits per heavy atom. The summed E-state index contributed by atoms with van der Waals surface area (Å²) in [6, 6.07) is 5.10. The monoisotopic (exact) mass is 349 g/mol. The number of hydrogen-bond donors (Lipinski definition) is 1. The van der Waals surface area contributed by atoms with Crippen molar-refractivity contribution in [2.45, 2.75) is 23.6 Å². The highest BCUT2D eigenvalue weighted by Gasteiger charge is 2.21. The third-order valence-electron chi connectivity index (χ3n) is 2.27. The topological polar surface area (TPSA) is 59.3 Å². The van der Waals surface area contributed by atoms with Gasteiger partial charge in [-0.2, -0.15) is 0 Å². The summed E-state index contributed by atoms with van der Waals surface area (Å²) >= 11 is 4.41. The lowest BCUT2D eigenvalue weighted by Gasteiger charge is -2.12. The highest BCUT2D eigenvalue weighted by molar-refractivity contribution is 9.10. The van der Waals surface area contributed by atoms with Crippen LogP contribution in [0.15, 0.2) is 42.9 Å². The molecular formula is C11H12BrNO3S2. The Hall–Kier alpha value is -0.630. The molecule has 2 rings (SSSR count). The van der Waals surface area contributed by atoms with Crippen LogP contribution in [0.5, 0.6) is 0 Å². The Morgan fingerprint density at radius 2 is 2.28 bits per heavy atom. The normalized spacial score (nSPS) is 13.7. The van der Waals surface area contributed by atoms with Crippen LogP contribution in [-0.2, 0) is 16.4 Å². The summed E-state index contributed by atoms with van der Waals surface area (Å²) in [5.41, 5.74) is 0. The fourth-order valence-electron chi connectivity index (χ4n) is 1.56. The van der Waals surface area contributed by atoms with Gasteiger partial charge in [0.15, 0.2) is 0 Å². The van der Waals surface area contributed by atoms with Gasteiger partial charge in [0.2, 0.25) is 0 Å². The third-order valence-corrected chi connectivity index (χ3v) is 6.53. The fraction of sp³-hybridized carbons (Fsp3) is 0.273. The molecule has 98 valence electrons. The summed E-state index contributed by atoms with van der Waals surface area (Å²) in [6.07, 6.45) is 2.10. The van der Waals surface area contributed by atoms with Crippen molar-refractivity contribution < 1.29 is 12.8 Å². The molecule has 0 amide bonds. The van der Waals surface area contributed by atoms with Crippen LogP contribution >= 0.6 is 27.3 Å². The van der Waals surface area contributed by atoms with Crippen LogP contribution in [0.2, 0.25) is 0 Å². The minimum Gasteiger partial charge on any atom is -0.469 e. The van der Waals surface area contributed by atoms with Gasteiger partial charge in [0.05, 0.1) is 6.26 Å². The lowest BCUT2D eigenvalue weighted by atomic mass is 10.2. The van der Waals surface area contributed by atoms with E-state index in [0.717, 1.165) is 5.76 Å². The van der Waals surface area contributed by atoms with E-state index in [-0.39, 0.29) is 6.04 Å². The molecule has 1 unspecified atom stereocenters. The number of hydrogen-bond acceptors (Lipinski definition) is 4. The van der Waals surface area contributed by atoms with Crippen molar-refractivity contribution in [2.75, 3.05) is 0 Å². The third kappa shape index (κ3) is 3.23. The first kappa shape index (κ1) is 13.8. The van der Waals surface area contributed by atoms with Gasteiger partial charge in [-0.15, -0.1) is 11.3 Å². The quantitative estimate of drug-likeness (QED) is 0.902. The minimum atomic E-state index is -3.47. The van der Waals surface area contributed by atoms with Gasteiger partial charge >= 0.3 is 0 Å². The molecule has 2 aromatic rings. The molecule has 7 heteroatoms. The second-order valence-electron chi connectivity index (χ2n) is 3.86. The molecular weight excluding hydrogens is 338 g/mol. The zero-order valence-electron chi connectivity index (χ0n) is 9.59. The van der Waals surface area contributed by atoms with E-state index in [1.165, 1.54) is 11.3 Å². The fourth-order valence-corrected chi connectivity index (χ4v) is 5.16. The maximum absolute atomic E-state index is 12.1. The maximum atomic E-state index is 12.1. The SMILES string of the molecule is CC(Cc1ccco1)NS(=O)(=O)c1sccc1Br. The van der Waals surface area contributed by atoms with Gasteiger partial charge < -0.3 is 4.42 Å². The number of sulfonamides is 1. The van der Waals surface area contributed by atoms with Crippen LogP contribution < -0.4 is 4.72 Å². The number of thiophene rings is 1. The summed E-state index contributed by atoms with van der Waals surface area (Å²) in [5, 5.41) is 1.73. The van der Waals surface area contributed by atoms with Crippen LogP contribution in [-0.4, -0.2) is 14.5 Å². The van der Waals surface area contributed by atoms with E-state index in [2.05, 4.69) is 20.7 Å². The van der Waals surface area contributed by atoms with Crippen molar-refractivity contribution in [2.24, 2.45) is 0 Å². The lowest BCUT2D eigenvalue weighted by molar-refractivity contribution is 0.479. The largest absolute Gasteiger partial charge is 0.469 e. The van der Waals surface area contributed by atoms with Crippen molar-refractivity contribution in [1.29, 1.82) is 0 Å². The second kappa shape index (κ2) is 5.56. The molecule has 4 nitrogen and oxygen atoms in total. The van der Waals surface area contributed by atoms with Crippen LogP contribution in [0, 0.1) is 0 Å². The van der Waals surface area contributed by atoms with Gasteiger partial charge in [0, 0.05) is 16.9 Å². The van der Waals surface area contributed by atoms with Gasteiger partial charge in [0.25, 0.3) is 10.0 Å². The van der Waals surface area contributed by atoms with Crippen molar-refractivity contribution in [3.05, 3.63) is 40.1 Å². The minimum absolute atomic E-state index is 0.227. The molecule has 0 fully saturated rings. The number of furan rings is 1. The van der Waals surface area contributed by atoms with Crippen molar-refractivity contribution in [3.8, 4) is 0 Å². The van der Waals surface area contributed by atoms with E-state index in [1.54, 1.807) is 23.8 Å². The highest BCUT2D eigenvalue weighted by Crippen LogP contribution is 2.27. The van der Waals surface area contributed by atoms with Crippen molar-refractivity contribution in [1.82, 2.24) is 4.72 Å². The molecule has 0 bridgehead atoms. The van der Waals surface area contributed by atoms with Gasteiger partial charge in [-0.1, -0.05) is 0 Å². The molecule has 1 atom stereocenters. The Balaban J connectivity index is 2.07. The summed E-state index contributed by atoms with van der Waals surface area (Å²) in [7, 11) is -3.47. The molecule has 0 aliphatic carbocycles. The summed E-state index contributed by atoms with van der Waals surface area (Å²) in [5.74, 6) is 0.760. The molecule has 0 aromatic carbocycles. The van der Waals surface area contributed by atoms with Gasteiger partial charge in [0.1, 0.15) is 9.97 Å². The molecule has 0 aliphatic heterocycles. The molecule has 0 aliphatic rings. The second-order valence-corrected chi connectivity index (χ2v) is 7.54. The first-order valence-electron chi connectivity index (χ1n) is 5.27. The standard InChI is InChI=1S/C11H12BrNO3S2/c1-8(7-9-3-2-5-16-9)13-18(14,15)11-10(12)4-6-17-11/h2-6,8,13H,7H2,1H3. The molecule has 0 spiro atoms. The van der Waals surface area contributed by atoms with Crippen LogP contribution in [0.25, 0.3) is 0 Å². The van der Waals surface area contributed by atoms with E-state index < -0.39 is 10.0 Å². The van der Waals surface area contributed by atoms with Crippen LogP contribution in [0.3, 0.4) is 0 Å². The molecule has 0 saturated heterocycles. The Labute approximate surface area is 118 Å². The first-order chi connectivity index (χ1) is 8.49. The highest BCUT2D eigenvalue weighted by atomic mass is 79.9. The lowest BCUT2D eigenvalue weighted by Crippen LogP contribution is -2.33. The summed E-state index contributed by atoms with van der Waals surface area (Å²) < 4.78 is 32.9. The molecule has 18 heavy (non-hydrogen) atoms. The van der Waals surface area contributed by atoms with Gasteiger partial charge in [-0.25, -0.2) is 13.1 Å². The Bertz CT molecular complexity index is 604. The van der Waals surface area contributed by atoms with Gasteiger partial charge in [-0.3, -0.25) is 0 Å². The van der Waals surface area contributed by atoms with E-state index in [4.69, 9.17) is 4.42 Å². The first-order valence-corrected chi connectivity index (χ1v) is 8.42. The van der Waals surface area contributed by atoms with Crippen molar-refractivity contribution >= 4 is 37.3 Å². The average Bonchev–Trinajstić information content (AvgIpc) is 2.88. The zero-order chi connectivity index (χ0) is 13.2. The number of rotatable bonds is 5. The number of nitrogens with one attached hydrogen (secondary N) is 1. The van der Waals surface area contributed by atoms with Crippen LogP contribution in [0.1, 0.15) is 12.7 Å².